The monoisotopic (exact) mass is 138 g/mol. The highest BCUT2D eigenvalue weighted by Crippen LogP contribution is 2.23. The second-order valence-corrected chi connectivity index (χ2v) is 2.89. The third-order valence-electron chi connectivity index (χ3n) is 2.19. The smallest absolute Gasteiger partial charge is 0.123 e. The molecule has 0 fully saturated rings. The van der Waals surface area contributed by atoms with Crippen LogP contribution in [0.5, 0.6) is 0 Å². The zero-order valence-electron chi connectivity index (χ0n) is 6.47. The third-order valence-corrected chi connectivity index (χ3v) is 2.19. The Morgan fingerprint density at radius 3 is 3.00 bits per heavy atom. The molecule has 0 radical (unpaired) electrons. The molecule has 0 amide bonds. The molecule has 1 aliphatic rings. The fraction of sp³-hybridized carbons (Fsp3) is 0.667. The van der Waals surface area contributed by atoms with Crippen molar-refractivity contribution in [1.82, 2.24) is 0 Å². The van der Waals surface area contributed by atoms with Gasteiger partial charge < -0.3 is 4.79 Å². The molecule has 1 nitrogen and oxygen atoms in total. The number of aldehydes is 1. The van der Waals surface area contributed by atoms with E-state index in [0.717, 1.165) is 32.0 Å². The van der Waals surface area contributed by atoms with E-state index in [0.29, 0.717) is 5.92 Å². The van der Waals surface area contributed by atoms with Crippen LogP contribution in [0.4, 0.5) is 0 Å². The van der Waals surface area contributed by atoms with Crippen LogP contribution in [0.1, 0.15) is 32.6 Å². The van der Waals surface area contributed by atoms with E-state index >= 15 is 0 Å². The van der Waals surface area contributed by atoms with E-state index in [-0.39, 0.29) is 0 Å². The summed E-state index contributed by atoms with van der Waals surface area (Å²) in [6.45, 7) is 2.17. The van der Waals surface area contributed by atoms with Gasteiger partial charge in [0.05, 0.1) is 0 Å². The average Bonchev–Trinajstić information content (AvgIpc) is 2.05. The number of rotatable bonds is 2. The zero-order chi connectivity index (χ0) is 7.40. The quantitative estimate of drug-likeness (QED) is 0.423. The lowest BCUT2D eigenvalue weighted by atomic mass is 9.90. The lowest BCUT2D eigenvalue weighted by molar-refractivity contribution is -0.111. The van der Waals surface area contributed by atoms with E-state index < -0.39 is 0 Å². The van der Waals surface area contributed by atoms with Crippen molar-refractivity contribution >= 4 is 6.29 Å². The van der Waals surface area contributed by atoms with Crippen LogP contribution in [-0.4, -0.2) is 6.29 Å². The van der Waals surface area contributed by atoms with Crippen LogP contribution in [0.15, 0.2) is 11.6 Å². The molecule has 0 aromatic rings. The minimum Gasteiger partial charge on any atom is -0.303 e. The van der Waals surface area contributed by atoms with Crippen LogP contribution >= 0.6 is 0 Å². The van der Waals surface area contributed by atoms with Gasteiger partial charge in [-0.1, -0.05) is 18.6 Å². The Kier molecular flexibility index (Phi) is 2.67. The van der Waals surface area contributed by atoms with Crippen molar-refractivity contribution in [3.05, 3.63) is 11.6 Å². The van der Waals surface area contributed by atoms with Gasteiger partial charge in [0.2, 0.25) is 0 Å². The molecule has 10 heavy (non-hydrogen) atoms. The molecule has 0 N–H and O–H groups in total. The fourth-order valence-corrected chi connectivity index (χ4v) is 1.35. The van der Waals surface area contributed by atoms with E-state index in [1.807, 2.05) is 0 Å². The Hall–Kier alpha value is -0.590. The van der Waals surface area contributed by atoms with Gasteiger partial charge in [-0.2, -0.15) is 0 Å². The van der Waals surface area contributed by atoms with Crippen molar-refractivity contribution in [3.63, 3.8) is 0 Å². The molecule has 1 heteroatoms. The molecule has 0 saturated heterocycles. The molecule has 0 spiro atoms. The number of hydrogen-bond donors (Lipinski definition) is 0. The lowest BCUT2D eigenvalue weighted by Gasteiger charge is -2.15. The first-order valence-corrected chi connectivity index (χ1v) is 4.00. The van der Waals surface area contributed by atoms with Crippen LogP contribution in [0.3, 0.4) is 0 Å². The van der Waals surface area contributed by atoms with Gasteiger partial charge in [-0.25, -0.2) is 0 Å². The number of hydrogen-bond acceptors (Lipinski definition) is 1. The molecule has 1 rings (SSSR count). The number of carbonyl (C=O) groups is 1. The van der Waals surface area contributed by atoms with Crippen molar-refractivity contribution in [2.75, 3.05) is 0 Å². The Labute approximate surface area is 62.1 Å². The Morgan fingerprint density at radius 2 is 2.60 bits per heavy atom. The molecule has 0 bridgehead atoms. The van der Waals surface area contributed by atoms with Gasteiger partial charge in [0.25, 0.3) is 0 Å². The van der Waals surface area contributed by atoms with Crippen molar-refractivity contribution in [2.45, 2.75) is 32.6 Å². The second-order valence-electron chi connectivity index (χ2n) is 2.89. The van der Waals surface area contributed by atoms with Gasteiger partial charge in [-0.3, -0.25) is 0 Å². The van der Waals surface area contributed by atoms with Crippen molar-refractivity contribution in [3.8, 4) is 0 Å². The van der Waals surface area contributed by atoms with Crippen LogP contribution in [0.2, 0.25) is 0 Å². The predicted molar refractivity (Wildman–Crippen MR) is 41.8 cm³/mol. The van der Waals surface area contributed by atoms with Crippen LogP contribution in [-0.2, 0) is 4.79 Å². The van der Waals surface area contributed by atoms with Gasteiger partial charge in [0.1, 0.15) is 6.29 Å². The van der Waals surface area contributed by atoms with Gasteiger partial charge in [0.15, 0.2) is 0 Å². The van der Waals surface area contributed by atoms with Crippen LogP contribution < -0.4 is 0 Å². The van der Waals surface area contributed by atoms with Gasteiger partial charge >= 0.3 is 0 Å². The molecule has 1 atom stereocenters. The van der Waals surface area contributed by atoms with E-state index in [2.05, 4.69) is 13.0 Å². The van der Waals surface area contributed by atoms with Crippen molar-refractivity contribution in [2.24, 2.45) is 5.92 Å². The van der Waals surface area contributed by atoms with Crippen LogP contribution in [0.25, 0.3) is 0 Å². The highest BCUT2D eigenvalue weighted by molar-refractivity contribution is 5.54. The van der Waals surface area contributed by atoms with Gasteiger partial charge in [-0.15, -0.1) is 0 Å². The molecule has 0 aromatic heterocycles. The lowest BCUT2D eigenvalue weighted by Crippen LogP contribution is -2.06. The first-order chi connectivity index (χ1) is 4.86. The molecule has 0 heterocycles. The molecule has 1 aliphatic carbocycles. The SMILES string of the molecule is CCC1=CCC(C=O)CC1. The third kappa shape index (κ3) is 1.69. The summed E-state index contributed by atoms with van der Waals surface area (Å²) in [5.74, 6) is 0.315. The first kappa shape index (κ1) is 7.52. The molecule has 0 aliphatic heterocycles. The summed E-state index contributed by atoms with van der Waals surface area (Å²) in [4.78, 5) is 10.3. The summed E-state index contributed by atoms with van der Waals surface area (Å²) in [6, 6.07) is 0. The second kappa shape index (κ2) is 3.55. The summed E-state index contributed by atoms with van der Waals surface area (Å²) in [5.41, 5.74) is 1.53. The highest BCUT2D eigenvalue weighted by Gasteiger charge is 2.11. The minimum atomic E-state index is 0.315. The maximum Gasteiger partial charge on any atom is 0.123 e. The molecule has 1 unspecified atom stereocenters. The fourth-order valence-electron chi connectivity index (χ4n) is 1.35. The Balaban J connectivity index is 2.43. The Morgan fingerprint density at radius 1 is 1.80 bits per heavy atom. The van der Waals surface area contributed by atoms with Gasteiger partial charge in [-0.05, 0) is 25.7 Å². The topological polar surface area (TPSA) is 17.1 Å². The zero-order valence-corrected chi connectivity index (χ0v) is 6.47. The Bertz CT molecular complexity index is 147. The molecule has 56 valence electrons. The van der Waals surface area contributed by atoms with E-state index in [9.17, 15) is 4.79 Å². The molecule has 0 saturated carbocycles. The van der Waals surface area contributed by atoms with Crippen molar-refractivity contribution < 1.29 is 4.79 Å². The molecule has 0 aromatic carbocycles. The minimum absolute atomic E-state index is 0.315. The largest absolute Gasteiger partial charge is 0.303 e. The van der Waals surface area contributed by atoms with Gasteiger partial charge in [0, 0.05) is 5.92 Å². The summed E-state index contributed by atoms with van der Waals surface area (Å²) < 4.78 is 0. The molecular formula is C9H14O. The predicted octanol–water partition coefficient (Wildman–Crippen LogP) is 2.32. The number of allylic oxidation sites excluding steroid dienone is 2. The number of carbonyl (C=O) groups excluding carboxylic acids is 1. The average molecular weight is 138 g/mol. The summed E-state index contributed by atoms with van der Waals surface area (Å²) in [7, 11) is 0. The molecular weight excluding hydrogens is 124 g/mol. The van der Waals surface area contributed by atoms with Crippen molar-refractivity contribution in [1.29, 1.82) is 0 Å². The normalized spacial score (nSPS) is 25.7. The summed E-state index contributed by atoms with van der Waals surface area (Å²) in [6.07, 6.45) is 7.66. The first-order valence-electron chi connectivity index (χ1n) is 4.00. The van der Waals surface area contributed by atoms with E-state index in [4.69, 9.17) is 0 Å². The standard InChI is InChI=1S/C9H14O/c1-2-8-3-5-9(7-10)6-4-8/h3,7,9H,2,4-6H2,1H3. The summed E-state index contributed by atoms with van der Waals surface area (Å²) >= 11 is 0. The van der Waals surface area contributed by atoms with Crippen LogP contribution in [0, 0.1) is 5.92 Å². The maximum atomic E-state index is 10.3. The summed E-state index contributed by atoms with van der Waals surface area (Å²) in [5, 5.41) is 0. The van der Waals surface area contributed by atoms with E-state index in [1.165, 1.54) is 5.57 Å². The highest BCUT2D eigenvalue weighted by atomic mass is 16.1. The van der Waals surface area contributed by atoms with E-state index in [1.54, 1.807) is 0 Å². The maximum absolute atomic E-state index is 10.3.